The molecule has 0 spiro atoms. The molecule has 0 aromatic heterocycles. The summed E-state index contributed by atoms with van der Waals surface area (Å²) in [6.45, 7) is 1.64. The summed E-state index contributed by atoms with van der Waals surface area (Å²) >= 11 is 0. The van der Waals surface area contributed by atoms with Crippen LogP contribution in [0, 0.1) is 0 Å². The van der Waals surface area contributed by atoms with E-state index in [1.165, 1.54) is 6.07 Å². The van der Waals surface area contributed by atoms with Crippen LogP contribution < -0.4 is 4.72 Å². The van der Waals surface area contributed by atoms with Crippen molar-refractivity contribution in [2.24, 2.45) is 0 Å². The Labute approximate surface area is 102 Å². The summed E-state index contributed by atoms with van der Waals surface area (Å²) in [7, 11) is -3.53. The van der Waals surface area contributed by atoms with Gasteiger partial charge in [-0.2, -0.15) is 0 Å². The summed E-state index contributed by atoms with van der Waals surface area (Å²) in [5.41, 5.74) is 0.115. The van der Waals surface area contributed by atoms with Gasteiger partial charge in [-0.25, -0.2) is 13.1 Å². The van der Waals surface area contributed by atoms with Gasteiger partial charge < -0.3 is 5.11 Å². The summed E-state index contributed by atoms with van der Waals surface area (Å²) < 4.78 is 27.1. The lowest BCUT2D eigenvalue weighted by Crippen LogP contribution is -2.50. The number of nitrogens with one attached hydrogen (secondary N) is 1. The van der Waals surface area contributed by atoms with Crippen molar-refractivity contribution in [1.82, 2.24) is 4.72 Å². The van der Waals surface area contributed by atoms with E-state index < -0.39 is 10.0 Å². The van der Waals surface area contributed by atoms with Crippen molar-refractivity contribution < 1.29 is 13.5 Å². The molecule has 0 aliphatic heterocycles. The van der Waals surface area contributed by atoms with Crippen molar-refractivity contribution in [3.63, 3.8) is 0 Å². The van der Waals surface area contributed by atoms with Gasteiger partial charge in [0.2, 0.25) is 10.0 Å². The zero-order valence-electron chi connectivity index (χ0n) is 9.81. The fourth-order valence-electron chi connectivity index (χ4n) is 2.09. The van der Waals surface area contributed by atoms with Crippen LogP contribution in [0.5, 0.6) is 0 Å². The van der Waals surface area contributed by atoms with Gasteiger partial charge in [-0.15, -0.1) is 0 Å². The van der Waals surface area contributed by atoms with Crippen molar-refractivity contribution in [2.45, 2.75) is 43.2 Å². The number of aliphatic hydroxyl groups is 1. The normalized spacial score (nSPS) is 18.7. The molecular formula is C12H17NO3S. The van der Waals surface area contributed by atoms with E-state index in [4.69, 9.17) is 5.11 Å². The van der Waals surface area contributed by atoms with E-state index in [0.29, 0.717) is 5.56 Å². The largest absolute Gasteiger partial charge is 0.392 e. The molecule has 2 rings (SSSR count). The average molecular weight is 255 g/mol. The summed E-state index contributed by atoms with van der Waals surface area (Å²) in [4.78, 5) is 0.177. The second kappa shape index (κ2) is 4.40. The molecule has 1 aliphatic carbocycles. The number of hydrogen-bond acceptors (Lipinski definition) is 3. The van der Waals surface area contributed by atoms with Crippen LogP contribution in [-0.2, 0) is 16.6 Å². The minimum absolute atomic E-state index is 0.177. The lowest BCUT2D eigenvalue weighted by atomic mass is 9.80. The highest BCUT2D eigenvalue weighted by atomic mass is 32.2. The smallest absolute Gasteiger partial charge is 0.241 e. The molecule has 0 amide bonds. The Morgan fingerprint density at radius 1 is 1.35 bits per heavy atom. The van der Waals surface area contributed by atoms with Crippen molar-refractivity contribution in [2.75, 3.05) is 0 Å². The number of aliphatic hydroxyl groups excluding tert-OH is 1. The van der Waals surface area contributed by atoms with E-state index in [2.05, 4.69) is 4.72 Å². The Balaban J connectivity index is 2.31. The Morgan fingerprint density at radius 3 is 2.53 bits per heavy atom. The van der Waals surface area contributed by atoms with Crippen LogP contribution in [0.4, 0.5) is 0 Å². The quantitative estimate of drug-likeness (QED) is 0.854. The molecule has 4 nitrogen and oxygen atoms in total. The third-order valence-electron chi connectivity index (χ3n) is 3.27. The van der Waals surface area contributed by atoms with Crippen molar-refractivity contribution in [3.05, 3.63) is 29.8 Å². The lowest BCUT2D eigenvalue weighted by molar-refractivity contribution is 0.247. The van der Waals surface area contributed by atoms with Gasteiger partial charge >= 0.3 is 0 Å². The molecule has 0 saturated heterocycles. The summed E-state index contributed by atoms with van der Waals surface area (Å²) in [5, 5.41) is 9.16. The van der Waals surface area contributed by atoms with Gasteiger partial charge in [0.1, 0.15) is 0 Å². The molecule has 0 unspecified atom stereocenters. The predicted molar refractivity (Wildman–Crippen MR) is 64.9 cm³/mol. The minimum atomic E-state index is -3.53. The minimum Gasteiger partial charge on any atom is -0.392 e. The Bertz CT molecular complexity index is 506. The first kappa shape index (κ1) is 12.5. The highest BCUT2D eigenvalue weighted by molar-refractivity contribution is 7.89. The molecule has 1 fully saturated rings. The van der Waals surface area contributed by atoms with Crippen molar-refractivity contribution >= 4 is 10.0 Å². The fourth-order valence-corrected chi connectivity index (χ4v) is 3.78. The molecule has 1 saturated carbocycles. The molecule has 5 heteroatoms. The predicted octanol–water partition coefficient (Wildman–Crippen LogP) is 1.40. The summed E-state index contributed by atoms with van der Waals surface area (Å²) in [5.74, 6) is 0. The fraction of sp³-hybridized carbons (Fsp3) is 0.500. The molecule has 0 atom stereocenters. The Kier molecular flexibility index (Phi) is 3.25. The molecule has 0 radical (unpaired) electrons. The SMILES string of the molecule is CC1(NS(=O)(=O)c2ccccc2CO)CCC1. The van der Waals surface area contributed by atoms with E-state index in [1.54, 1.807) is 18.2 Å². The van der Waals surface area contributed by atoms with Crippen LogP contribution in [0.15, 0.2) is 29.2 Å². The Hall–Kier alpha value is -0.910. The molecule has 2 N–H and O–H groups in total. The molecular weight excluding hydrogens is 238 g/mol. The first-order valence-electron chi connectivity index (χ1n) is 5.70. The molecule has 1 aliphatic rings. The molecule has 1 aromatic rings. The molecule has 94 valence electrons. The lowest BCUT2D eigenvalue weighted by Gasteiger charge is -2.38. The van der Waals surface area contributed by atoms with E-state index >= 15 is 0 Å². The standard InChI is InChI=1S/C12H17NO3S/c1-12(7-4-8-12)13-17(15,16)11-6-3-2-5-10(11)9-14/h2-3,5-6,13-14H,4,7-9H2,1H3. The van der Waals surface area contributed by atoms with Crippen LogP contribution in [0.1, 0.15) is 31.7 Å². The third kappa shape index (κ3) is 2.51. The third-order valence-corrected chi connectivity index (χ3v) is 5.01. The van der Waals surface area contributed by atoms with E-state index in [-0.39, 0.29) is 17.0 Å². The average Bonchev–Trinajstić information content (AvgIpc) is 2.26. The molecule has 0 bridgehead atoms. The van der Waals surface area contributed by atoms with Gasteiger partial charge in [0.15, 0.2) is 0 Å². The second-order valence-electron chi connectivity index (χ2n) is 4.79. The number of sulfonamides is 1. The summed E-state index contributed by atoms with van der Waals surface area (Å²) in [6, 6.07) is 6.53. The molecule has 0 heterocycles. The zero-order valence-corrected chi connectivity index (χ0v) is 10.6. The maximum atomic E-state index is 12.2. The van der Waals surface area contributed by atoms with Gasteiger partial charge in [0.25, 0.3) is 0 Å². The first-order chi connectivity index (χ1) is 7.97. The van der Waals surface area contributed by atoms with Crippen LogP contribution in [-0.4, -0.2) is 19.1 Å². The highest BCUT2D eigenvalue weighted by Gasteiger charge is 2.36. The first-order valence-corrected chi connectivity index (χ1v) is 7.18. The topological polar surface area (TPSA) is 66.4 Å². The molecule has 17 heavy (non-hydrogen) atoms. The number of rotatable bonds is 4. The van der Waals surface area contributed by atoms with Crippen LogP contribution in [0.25, 0.3) is 0 Å². The number of hydrogen-bond donors (Lipinski definition) is 2. The zero-order chi connectivity index (χ0) is 12.5. The van der Waals surface area contributed by atoms with Crippen molar-refractivity contribution in [1.29, 1.82) is 0 Å². The summed E-state index contributed by atoms with van der Waals surface area (Å²) in [6.07, 6.45) is 2.79. The van der Waals surface area contributed by atoms with Gasteiger partial charge in [-0.1, -0.05) is 18.2 Å². The Morgan fingerprint density at radius 2 is 2.00 bits per heavy atom. The van der Waals surface area contributed by atoms with Crippen LogP contribution in [0.3, 0.4) is 0 Å². The van der Waals surface area contributed by atoms with Gasteiger partial charge in [-0.05, 0) is 37.8 Å². The second-order valence-corrected chi connectivity index (χ2v) is 6.44. The van der Waals surface area contributed by atoms with Gasteiger partial charge in [-0.3, -0.25) is 0 Å². The van der Waals surface area contributed by atoms with E-state index in [1.807, 2.05) is 6.92 Å². The van der Waals surface area contributed by atoms with Crippen molar-refractivity contribution in [3.8, 4) is 0 Å². The van der Waals surface area contributed by atoms with E-state index in [0.717, 1.165) is 19.3 Å². The highest BCUT2D eigenvalue weighted by Crippen LogP contribution is 2.33. The maximum absolute atomic E-state index is 12.2. The van der Waals surface area contributed by atoms with E-state index in [9.17, 15) is 8.42 Å². The van der Waals surface area contributed by atoms with Gasteiger partial charge in [0.05, 0.1) is 11.5 Å². The monoisotopic (exact) mass is 255 g/mol. The van der Waals surface area contributed by atoms with Gasteiger partial charge in [0, 0.05) is 5.54 Å². The van der Waals surface area contributed by atoms with Crippen LogP contribution >= 0.6 is 0 Å². The maximum Gasteiger partial charge on any atom is 0.241 e. The van der Waals surface area contributed by atoms with Crippen LogP contribution in [0.2, 0.25) is 0 Å². The number of benzene rings is 1. The molecule has 1 aromatic carbocycles.